The SMILES string of the molecule is NC(=O)C1CCN(C(=O)CN2CCCC(c3ccc(-c4ccccn4)cn3)C2)CC1. The molecule has 0 spiro atoms. The molecule has 2 aromatic rings. The van der Waals surface area contributed by atoms with E-state index in [4.69, 9.17) is 10.7 Å². The van der Waals surface area contributed by atoms with Crippen molar-refractivity contribution in [3.63, 3.8) is 0 Å². The Labute approximate surface area is 177 Å². The number of nitrogens with two attached hydrogens (primary N) is 1. The zero-order valence-corrected chi connectivity index (χ0v) is 17.2. The average Bonchev–Trinajstić information content (AvgIpc) is 2.80. The number of carbonyl (C=O) groups excluding carboxylic acids is 2. The van der Waals surface area contributed by atoms with E-state index in [2.05, 4.69) is 22.0 Å². The molecule has 30 heavy (non-hydrogen) atoms. The Balaban J connectivity index is 1.32. The van der Waals surface area contributed by atoms with Crippen molar-refractivity contribution in [2.45, 2.75) is 31.6 Å². The van der Waals surface area contributed by atoms with Crippen molar-refractivity contribution < 1.29 is 9.59 Å². The normalized spacial score (nSPS) is 20.8. The Morgan fingerprint density at radius 2 is 1.87 bits per heavy atom. The van der Waals surface area contributed by atoms with Crippen LogP contribution in [0.25, 0.3) is 11.3 Å². The van der Waals surface area contributed by atoms with Gasteiger partial charge >= 0.3 is 0 Å². The van der Waals surface area contributed by atoms with Crippen molar-refractivity contribution in [1.29, 1.82) is 0 Å². The molecule has 0 bridgehead atoms. The zero-order chi connectivity index (χ0) is 20.9. The number of hydrogen-bond acceptors (Lipinski definition) is 5. The van der Waals surface area contributed by atoms with E-state index in [0.717, 1.165) is 42.9 Å². The lowest BCUT2D eigenvalue weighted by atomic mass is 9.93. The number of nitrogens with zero attached hydrogens (tertiary/aromatic N) is 4. The summed E-state index contributed by atoms with van der Waals surface area (Å²) in [4.78, 5) is 37.3. The van der Waals surface area contributed by atoms with E-state index in [9.17, 15) is 9.59 Å². The van der Waals surface area contributed by atoms with Crippen LogP contribution in [0, 0.1) is 5.92 Å². The van der Waals surface area contributed by atoms with Crippen LogP contribution >= 0.6 is 0 Å². The minimum absolute atomic E-state index is 0.0893. The van der Waals surface area contributed by atoms with Gasteiger partial charge < -0.3 is 10.6 Å². The van der Waals surface area contributed by atoms with E-state index < -0.39 is 0 Å². The highest BCUT2D eigenvalue weighted by Gasteiger charge is 2.29. The van der Waals surface area contributed by atoms with Crippen LogP contribution in [0.4, 0.5) is 0 Å². The molecular weight excluding hydrogens is 378 g/mol. The first-order valence-corrected chi connectivity index (χ1v) is 10.8. The smallest absolute Gasteiger partial charge is 0.236 e. The van der Waals surface area contributed by atoms with Gasteiger partial charge in [-0.2, -0.15) is 0 Å². The lowest BCUT2D eigenvalue weighted by Crippen LogP contribution is -2.47. The van der Waals surface area contributed by atoms with Crippen LogP contribution in [-0.4, -0.2) is 64.3 Å². The quantitative estimate of drug-likeness (QED) is 0.819. The number of rotatable bonds is 5. The molecule has 2 saturated heterocycles. The van der Waals surface area contributed by atoms with Crippen LogP contribution in [0.2, 0.25) is 0 Å². The Bertz CT molecular complexity index is 863. The molecule has 4 heterocycles. The number of likely N-dealkylation sites (tertiary alicyclic amines) is 2. The number of primary amides is 1. The molecule has 2 aliphatic rings. The molecule has 158 valence electrons. The van der Waals surface area contributed by atoms with Gasteiger partial charge in [-0.25, -0.2) is 0 Å². The second-order valence-electron chi connectivity index (χ2n) is 8.32. The molecule has 1 unspecified atom stereocenters. The number of amides is 2. The van der Waals surface area contributed by atoms with Crippen molar-refractivity contribution in [3.8, 4) is 11.3 Å². The lowest BCUT2D eigenvalue weighted by molar-refractivity contribution is -0.136. The zero-order valence-electron chi connectivity index (χ0n) is 17.2. The van der Waals surface area contributed by atoms with Gasteiger partial charge in [-0.15, -0.1) is 0 Å². The fourth-order valence-corrected chi connectivity index (χ4v) is 4.48. The summed E-state index contributed by atoms with van der Waals surface area (Å²) in [5.74, 6) is 0.151. The third-order valence-corrected chi connectivity index (χ3v) is 6.28. The molecule has 2 N–H and O–H groups in total. The third kappa shape index (κ3) is 4.84. The van der Waals surface area contributed by atoms with Crippen LogP contribution < -0.4 is 5.73 Å². The van der Waals surface area contributed by atoms with Gasteiger partial charge in [-0.05, 0) is 56.5 Å². The first kappa shape index (κ1) is 20.5. The largest absolute Gasteiger partial charge is 0.369 e. The maximum Gasteiger partial charge on any atom is 0.236 e. The summed E-state index contributed by atoms with van der Waals surface area (Å²) < 4.78 is 0. The summed E-state index contributed by atoms with van der Waals surface area (Å²) in [7, 11) is 0. The van der Waals surface area contributed by atoms with Crippen LogP contribution in [0.15, 0.2) is 42.7 Å². The number of piperidine rings is 2. The number of carbonyl (C=O) groups is 2. The van der Waals surface area contributed by atoms with Crippen molar-refractivity contribution in [2.75, 3.05) is 32.7 Å². The van der Waals surface area contributed by atoms with Gasteiger partial charge in [0.2, 0.25) is 11.8 Å². The molecule has 2 aromatic heterocycles. The molecule has 2 amide bonds. The monoisotopic (exact) mass is 407 g/mol. The molecule has 0 radical (unpaired) electrons. The summed E-state index contributed by atoms with van der Waals surface area (Å²) >= 11 is 0. The maximum atomic E-state index is 12.7. The summed E-state index contributed by atoms with van der Waals surface area (Å²) in [5.41, 5.74) is 8.41. The lowest BCUT2D eigenvalue weighted by Gasteiger charge is -2.35. The minimum Gasteiger partial charge on any atom is -0.369 e. The molecule has 0 aromatic carbocycles. The number of hydrogen-bond donors (Lipinski definition) is 1. The average molecular weight is 408 g/mol. The summed E-state index contributed by atoms with van der Waals surface area (Å²) in [5, 5.41) is 0. The minimum atomic E-state index is -0.248. The highest BCUT2D eigenvalue weighted by molar-refractivity contribution is 5.80. The van der Waals surface area contributed by atoms with Gasteiger partial charge in [0.25, 0.3) is 0 Å². The summed E-state index contributed by atoms with van der Waals surface area (Å²) in [6, 6.07) is 10.0. The van der Waals surface area contributed by atoms with Crippen molar-refractivity contribution >= 4 is 11.8 Å². The fourth-order valence-electron chi connectivity index (χ4n) is 4.48. The Morgan fingerprint density at radius 1 is 1.03 bits per heavy atom. The van der Waals surface area contributed by atoms with E-state index in [1.807, 2.05) is 29.3 Å². The van der Waals surface area contributed by atoms with Gasteiger partial charge in [-0.3, -0.25) is 24.5 Å². The predicted octanol–water partition coefficient (Wildman–Crippen LogP) is 2.05. The Kier molecular flexibility index (Phi) is 6.38. The highest BCUT2D eigenvalue weighted by atomic mass is 16.2. The second-order valence-corrected chi connectivity index (χ2v) is 8.32. The highest BCUT2D eigenvalue weighted by Crippen LogP contribution is 2.27. The van der Waals surface area contributed by atoms with Gasteiger partial charge in [0.15, 0.2) is 0 Å². The predicted molar refractivity (Wildman–Crippen MR) is 114 cm³/mol. The Morgan fingerprint density at radius 3 is 2.53 bits per heavy atom. The summed E-state index contributed by atoms with van der Waals surface area (Å²) in [6.45, 7) is 3.47. The molecule has 2 fully saturated rings. The number of aromatic nitrogens is 2. The van der Waals surface area contributed by atoms with Crippen LogP contribution in [0.1, 0.15) is 37.3 Å². The standard InChI is InChI=1S/C23H29N5O2/c24-23(30)17-8-12-28(13-9-17)22(29)16-27-11-3-4-19(15-27)21-7-6-18(14-26-21)20-5-1-2-10-25-20/h1-2,5-7,10,14,17,19H,3-4,8-9,11-13,15-16H2,(H2,24,30). The van der Waals surface area contributed by atoms with Crippen LogP contribution in [-0.2, 0) is 9.59 Å². The van der Waals surface area contributed by atoms with Crippen LogP contribution in [0.5, 0.6) is 0 Å². The topological polar surface area (TPSA) is 92.4 Å². The molecule has 7 heteroatoms. The van der Waals surface area contributed by atoms with Gasteiger partial charge in [0.1, 0.15) is 0 Å². The van der Waals surface area contributed by atoms with E-state index >= 15 is 0 Å². The van der Waals surface area contributed by atoms with E-state index in [1.54, 1.807) is 6.20 Å². The third-order valence-electron chi connectivity index (χ3n) is 6.28. The molecular formula is C23H29N5O2. The molecule has 0 aliphatic carbocycles. The maximum absolute atomic E-state index is 12.7. The molecule has 7 nitrogen and oxygen atoms in total. The van der Waals surface area contributed by atoms with E-state index in [1.165, 1.54) is 0 Å². The second kappa shape index (κ2) is 9.34. The van der Waals surface area contributed by atoms with Gasteiger partial charge in [0, 0.05) is 55.1 Å². The van der Waals surface area contributed by atoms with Crippen molar-refractivity contribution in [3.05, 3.63) is 48.4 Å². The Hall–Kier alpha value is -2.80. The van der Waals surface area contributed by atoms with Crippen molar-refractivity contribution in [2.24, 2.45) is 11.7 Å². The first-order chi connectivity index (χ1) is 14.6. The van der Waals surface area contributed by atoms with Gasteiger partial charge in [-0.1, -0.05) is 6.07 Å². The summed E-state index contributed by atoms with van der Waals surface area (Å²) in [6.07, 6.45) is 7.18. The molecule has 1 atom stereocenters. The molecule has 4 rings (SSSR count). The molecule has 0 saturated carbocycles. The van der Waals surface area contributed by atoms with E-state index in [0.29, 0.717) is 38.4 Å². The number of pyridine rings is 2. The fraction of sp³-hybridized carbons (Fsp3) is 0.478. The van der Waals surface area contributed by atoms with E-state index in [-0.39, 0.29) is 17.7 Å². The molecule has 2 aliphatic heterocycles. The first-order valence-electron chi connectivity index (χ1n) is 10.8. The van der Waals surface area contributed by atoms with Crippen LogP contribution in [0.3, 0.4) is 0 Å². The van der Waals surface area contributed by atoms with Crippen molar-refractivity contribution in [1.82, 2.24) is 19.8 Å². The van der Waals surface area contributed by atoms with Gasteiger partial charge in [0.05, 0.1) is 12.2 Å².